The zero-order valence-corrected chi connectivity index (χ0v) is 16.7. The standard InChI is InChI=1S/C20H21N3O4S/c1-4-27-17-12-8-11-16(15-9-6-5-7-10-15)18(17)28(24,25)23-19-20(26-3)22-14(2)13-21-19/h5-13H,4H2,1-3H3,(H,21,23). The summed E-state index contributed by atoms with van der Waals surface area (Å²) in [6, 6.07) is 14.4. The molecule has 3 rings (SSSR count). The van der Waals surface area contributed by atoms with Gasteiger partial charge in [0.1, 0.15) is 10.6 Å². The Balaban J connectivity index is 2.15. The molecule has 2 aromatic carbocycles. The van der Waals surface area contributed by atoms with Gasteiger partial charge in [-0.2, -0.15) is 0 Å². The molecule has 0 spiro atoms. The number of aryl methyl sites for hydroxylation is 1. The van der Waals surface area contributed by atoms with Gasteiger partial charge in [-0.3, -0.25) is 4.72 Å². The third-order valence-electron chi connectivity index (χ3n) is 3.92. The van der Waals surface area contributed by atoms with Crippen LogP contribution in [0.1, 0.15) is 12.6 Å². The Morgan fingerprint density at radius 3 is 2.50 bits per heavy atom. The van der Waals surface area contributed by atoms with Crippen molar-refractivity contribution in [1.82, 2.24) is 9.97 Å². The zero-order valence-electron chi connectivity index (χ0n) is 15.8. The molecule has 0 amide bonds. The molecule has 1 heterocycles. The molecule has 0 saturated carbocycles. The van der Waals surface area contributed by atoms with E-state index in [2.05, 4.69) is 14.7 Å². The fourth-order valence-corrected chi connectivity index (χ4v) is 4.12. The van der Waals surface area contributed by atoms with Gasteiger partial charge in [-0.05, 0) is 25.5 Å². The van der Waals surface area contributed by atoms with Crippen molar-refractivity contribution in [3.8, 4) is 22.8 Å². The maximum atomic E-state index is 13.3. The van der Waals surface area contributed by atoms with Gasteiger partial charge in [0.25, 0.3) is 15.9 Å². The first-order chi connectivity index (χ1) is 13.5. The van der Waals surface area contributed by atoms with Crippen molar-refractivity contribution in [1.29, 1.82) is 0 Å². The Hall–Kier alpha value is -3.13. The summed E-state index contributed by atoms with van der Waals surface area (Å²) in [5, 5.41) is 0. The van der Waals surface area contributed by atoms with Crippen LogP contribution in [0.25, 0.3) is 11.1 Å². The van der Waals surface area contributed by atoms with Gasteiger partial charge in [0, 0.05) is 5.56 Å². The lowest BCUT2D eigenvalue weighted by Gasteiger charge is -2.17. The van der Waals surface area contributed by atoms with E-state index >= 15 is 0 Å². The number of ether oxygens (including phenoxy) is 2. The molecule has 0 bridgehead atoms. The Bertz CT molecular complexity index is 1070. The molecule has 0 aliphatic heterocycles. The highest BCUT2D eigenvalue weighted by molar-refractivity contribution is 7.93. The molecule has 0 radical (unpaired) electrons. The quantitative estimate of drug-likeness (QED) is 0.652. The first-order valence-electron chi connectivity index (χ1n) is 8.68. The topological polar surface area (TPSA) is 90.4 Å². The van der Waals surface area contributed by atoms with Crippen LogP contribution in [0, 0.1) is 6.92 Å². The highest BCUT2D eigenvalue weighted by atomic mass is 32.2. The van der Waals surface area contributed by atoms with E-state index in [4.69, 9.17) is 9.47 Å². The molecule has 8 heteroatoms. The number of anilines is 1. The largest absolute Gasteiger partial charge is 0.492 e. The van der Waals surface area contributed by atoms with Crippen molar-refractivity contribution in [2.24, 2.45) is 0 Å². The first kappa shape index (κ1) is 19.6. The van der Waals surface area contributed by atoms with Gasteiger partial charge in [0.05, 0.1) is 25.6 Å². The van der Waals surface area contributed by atoms with Crippen molar-refractivity contribution in [2.45, 2.75) is 18.7 Å². The predicted molar refractivity (Wildman–Crippen MR) is 107 cm³/mol. The van der Waals surface area contributed by atoms with Crippen molar-refractivity contribution in [3.63, 3.8) is 0 Å². The molecule has 7 nitrogen and oxygen atoms in total. The summed E-state index contributed by atoms with van der Waals surface area (Å²) in [5.74, 6) is 0.368. The molecule has 0 saturated heterocycles. The van der Waals surface area contributed by atoms with Gasteiger partial charge in [-0.15, -0.1) is 0 Å². The van der Waals surface area contributed by atoms with E-state index in [0.29, 0.717) is 17.9 Å². The van der Waals surface area contributed by atoms with Gasteiger partial charge in [0.2, 0.25) is 5.82 Å². The monoisotopic (exact) mass is 399 g/mol. The van der Waals surface area contributed by atoms with Crippen LogP contribution in [-0.2, 0) is 10.0 Å². The molecular formula is C20H21N3O4S. The van der Waals surface area contributed by atoms with Crippen LogP contribution < -0.4 is 14.2 Å². The maximum Gasteiger partial charge on any atom is 0.267 e. The van der Waals surface area contributed by atoms with Crippen molar-refractivity contribution in [3.05, 3.63) is 60.4 Å². The van der Waals surface area contributed by atoms with Crippen molar-refractivity contribution >= 4 is 15.8 Å². The lowest BCUT2D eigenvalue weighted by molar-refractivity contribution is 0.331. The number of aromatic nitrogens is 2. The summed E-state index contributed by atoms with van der Waals surface area (Å²) in [6.07, 6.45) is 1.47. The summed E-state index contributed by atoms with van der Waals surface area (Å²) in [4.78, 5) is 8.32. The molecule has 1 N–H and O–H groups in total. The van der Waals surface area contributed by atoms with Crippen molar-refractivity contribution in [2.75, 3.05) is 18.4 Å². The molecule has 3 aromatic rings. The Morgan fingerprint density at radius 1 is 1.07 bits per heavy atom. The number of sulfonamides is 1. The number of methoxy groups -OCH3 is 1. The summed E-state index contributed by atoms with van der Waals surface area (Å²) in [7, 11) is -2.64. The molecule has 0 fully saturated rings. The Labute approximate surface area is 164 Å². The number of benzene rings is 2. The second-order valence-corrected chi connectivity index (χ2v) is 7.53. The van der Waals surface area contributed by atoms with E-state index in [0.717, 1.165) is 5.56 Å². The highest BCUT2D eigenvalue weighted by Crippen LogP contribution is 2.36. The summed E-state index contributed by atoms with van der Waals surface area (Å²) in [5.41, 5.74) is 1.89. The minimum Gasteiger partial charge on any atom is -0.492 e. The minimum absolute atomic E-state index is 0.0124. The summed E-state index contributed by atoms with van der Waals surface area (Å²) < 4.78 is 39.9. The van der Waals surface area contributed by atoms with Crippen LogP contribution in [0.2, 0.25) is 0 Å². The second kappa shape index (κ2) is 8.26. The van der Waals surface area contributed by atoms with E-state index in [1.165, 1.54) is 13.3 Å². The molecule has 0 aliphatic carbocycles. The molecule has 146 valence electrons. The first-order valence-corrected chi connectivity index (χ1v) is 10.2. The van der Waals surface area contributed by atoms with Crippen molar-refractivity contribution < 1.29 is 17.9 Å². The maximum absolute atomic E-state index is 13.3. The van der Waals surface area contributed by atoms with Crippen LogP contribution in [0.3, 0.4) is 0 Å². The summed E-state index contributed by atoms with van der Waals surface area (Å²) in [6.45, 7) is 3.87. The van der Waals surface area contributed by atoms with E-state index < -0.39 is 10.0 Å². The zero-order chi connectivity index (χ0) is 20.1. The van der Waals surface area contributed by atoms with E-state index in [1.807, 2.05) is 30.3 Å². The van der Waals surface area contributed by atoms with Crippen LogP contribution in [-0.4, -0.2) is 32.1 Å². The summed E-state index contributed by atoms with van der Waals surface area (Å²) >= 11 is 0. The van der Waals surface area contributed by atoms with E-state index in [1.54, 1.807) is 32.0 Å². The van der Waals surface area contributed by atoms with Crippen LogP contribution in [0.15, 0.2) is 59.6 Å². The normalized spacial score (nSPS) is 11.1. The van der Waals surface area contributed by atoms with Gasteiger partial charge >= 0.3 is 0 Å². The Morgan fingerprint density at radius 2 is 1.82 bits per heavy atom. The number of hydrogen-bond donors (Lipinski definition) is 1. The number of hydrogen-bond acceptors (Lipinski definition) is 6. The van der Waals surface area contributed by atoms with Crippen LogP contribution in [0.4, 0.5) is 5.82 Å². The lowest BCUT2D eigenvalue weighted by atomic mass is 10.1. The van der Waals surface area contributed by atoms with Gasteiger partial charge in [-0.1, -0.05) is 42.5 Å². The van der Waals surface area contributed by atoms with Gasteiger partial charge < -0.3 is 9.47 Å². The number of nitrogens with zero attached hydrogens (tertiary/aromatic N) is 2. The van der Waals surface area contributed by atoms with Crippen LogP contribution >= 0.6 is 0 Å². The smallest absolute Gasteiger partial charge is 0.267 e. The minimum atomic E-state index is -4.05. The van der Waals surface area contributed by atoms with E-state index in [-0.39, 0.29) is 22.3 Å². The fraction of sp³-hybridized carbons (Fsp3) is 0.200. The highest BCUT2D eigenvalue weighted by Gasteiger charge is 2.26. The number of nitrogens with one attached hydrogen (secondary N) is 1. The molecule has 0 unspecified atom stereocenters. The average molecular weight is 399 g/mol. The van der Waals surface area contributed by atoms with Gasteiger partial charge in [0.15, 0.2) is 0 Å². The number of rotatable bonds is 7. The van der Waals surface area contributed by atoms with Crippen LogP contribution in [0.5, 0.6) is 11.6 Å². The SMILES string of the molecule is CCOc1cccc(-c2ccccc2)c1S(=O)(=O)Nc1ncc(C)nc1OC. The molecule has 28 heavy (non-hydrogen) atoms. The van der Waals surface area contributed by atoms with E-state index in [9.17, 15) is 8.42 Å². The molecule has 1 aromatic heterocycles. The Kier molecular flexibility index (Phi) is 5.79. The lowest BCUT2D eigenvalue weighted by Crippen LogP contribution is -2.17. The molecular weight excluding hydrogens is 378 g/mol. The fourth-order valence-electron chi connectivity index (χ4n) is 2.75. The average Bonchev–Trinajstić information content (AvgIpc) is 2.70. The second-order valence-electron chi connectivity index (χ2n) is 5.91. The molecule has 0 atom stereocenters. The predicted octanol–water partition coefficient (Wildman–Crippen LogP) is 3.66. The third kappa shape index (κ3) is 4.07. The molecule has 0 aliphatic rings. The van der Waals surface area contributed by atoms with Gasteiger partial charge in [-0.25, -0.2) is 18.4 Å². The third-order valence-corrected chi connectivity index (χ3v) is 5.34.